The third-order valence-electron chi connectivity index (χ3n) is 3.55. The Labute approximate surface area is 92.3 Å². The van der Waals surface area contributed by atoms with Crippen LogP contribution in [-0.4, -0.2) is 23.7 Å². The standard InChI is InChI=1S/C12H23NO2/c1-9(10-6-4-5-7-10)13-8-12(2,3)11(14)15/h9-10,13H,4-8H2,1-3H3,(H,14,15). The molecule has 0 aromatic rings. The monoisotopic (exact) mass is 213 g/mol. The van der Waals surface area contributed by atoms with E-state index in [4.69, 9.17) is 5.11 Å². The highest BCUT2D eigenvalue weighted by atomic mass is 16.4. The van der Waals surface area contributed by atoms with Crippen molar-refractivity contribution < 1.29 is 9.90 Å². The minimum atomic E-state index is -0.728. The van der Waals surface area contributed by atoms with Crippen LogP contribution in [0, 0.1) is 11.3 Å². The van der Waals surface area contributed by atoms with Crippen molar-refractivity contribution in [1.82, 2.24) is 5.32 Å². The van der Waals surface area contributed by atoms with Crippen LogP contribution in [-0.2, 0) is 4.79 Å². The van der Waals surface area contributed by atoms with Crippen LogP contribution in [0.1, 0.15) is 46.5 Å². The zero-order valence-corrected chi connectivity index (χ0v) is 10.0. The molecular formula is C12H23NO2. The zero-order chi connectivity index (χ0) is 11.5. The summed E-state index contributed by atoms with van der Waals surface area (Å²) in [6, 6.07) is 0.450. The molecule has 0 aromatic heterocycles. The van der Waals surface area contributed by atoms with Crippen molar-refractivity contribution in [2.45, 2.75) is 52.5 Å². The summed E-state index contributed by atoms with van der Waals surface area (Å²) in [7, 11) is 0. The average Bonchev–Trinajstić information content (AvgIpc) is 2.66. The normalized spacial score (nSPS) is 20.5. The Hall–Kier alpha value is -0.570. The summed E-state index contributed by atoms with van der Waals surface area (Å²) in [5, 5.41) is 12.3. The first kappa shape index (κ1) is 12.5. The maximum absolute atomic E-state index is 10.9. The quantitative estimate of drug-likeness (QED) is 0.736. The van der Waals surface area contributed by atoms with E-state index in [0.717, 1.165) is 5.92 Å². The number of carboxylic acids is 1. The topological polar surface area (TPSA) is 49.3 Å². The number of aliphatic carboxylic acids is 1. The van der Waals surface area contributed by atoms with Gasteiger partial charge in [0.15, 0.2) is 0 Å². The fourth-order valence-electron chi connectivity index (χ4n) is 2.12. The second kappa shape index (κ2) is 4.97. The van der Waals surface area contributed by atoms with Gasteiger partial charge in [-0.15, -0.1) is 0 Å². The molecule has 3 nitrogen and oxygen atoms in total. The van der Waals surface area contributed by atoms with Gasteiger partial charge in [-0.3, -0.25) is 4.79 Å². The second-order valence-electron chi connectivity index (χ2n) is 5.40. The van der Waals surface area contributed by atoms with E-state index in [2.05, 4.69) is 12.2 Å². The number of carbonyl (C=O) groups is 1. The number of hydrogen-bond acceptors (Lipinski definition) is 2. The van der Waals surface area contributed by atoms with Crippen molar-refractivity contribution in [2.24, 2.45) is 11.3 Å². The molecular weight excluding hydrogens is 190 g/mol. The molecule has 3 heteroatoms. The lowest BCUT2D eigenvalue weighted by atomic mass is 9.92. The van der Waals surface area contributed by atoms with Crippen LogP contribution in [0.3, 0.4) is 0 Å². The lowest BCUT2D eigenvalue weighted by Gasteiger charge is -2.26. The van der Waals surface area contributed by atoms with Crippen LogP contribution in [0.25, 0.3) is 0 Å². The molecule has 88 valence electrons. The van der Waals surface area contributed by atoms with Crippen LogP contribution in [0.5, 0.6) is 0 Å². The highest BCUT2D eigenvalue weighted by Gasteiger charge is 2.29. The summed E-state index contributed by atoms with van der Waals surface area (Å²) in [5.74, 6) is 0.0169. The summed E-state index contributed by atoms with van der Waals surface area (Å²) in [6.45, 7) is 6.27. The van der Waals surface area contributed by atoms with Gasteiger partial charge in [-0.05, 0) is 39.5 Å². The molecule has 0 heterocycles. The van der Waals surface area contributed by atoms with Crippen molar-refractivity contribution >= 4 is 5.97 Å². The average molecular weight is 213 g/mol. The summed E-state index contributed by atoms with van der Waals surface area (Å²) in [4.78, 5) is 10.9. The first-order valence-electron chi connectivity index (χ1n) is 5.90. The fraction of sp³-hybridized carbons (Fsp3) is 0.917. The van der Waals surface area contributed by atoms with Crippen LogP contribution < -0.4 is 5.32 Å². The highest BCUT2D eigenvalue weighted by molar-refractivity contribution is 5.73. The predicted octanol–water partition coefficient (Wildman–Crippen LogP) is 2.27. The SMILES string of the molecule is CC(NCC(C)(C)C(=O)O)C1CCCC1. The van der Waals surface area contributed by atoms with Gasteiger partial charge in [-0.1, -0.05) is 12.8 Å². The molecule has 0 bridgehead atoms. The molecule has 0 aliphatic heterocycles. The van der Waals surface area contributed by atoms with Gasteiger partial charge in [0, 0.05) is 12.6 Å². The minimum absolute atomic E-state index is 0.450. The molecule has 0 aromatic carbocycles. The molecule has 0 spiro atoms. The summed E-state index contributed by atoms with van der Waals surface area (Å²) < 4.78 is 0. The summed E-state index contributed by atoms with van der Waals surface area (Å²) >= 11 is 0. The molecule has 0 saturated heterocycles. The minimum Gasteiger partial charge on any atom is -0.481 e. The second-order valence-corrected chi connectivity index (χ2v) is 5.40. The molecule has 1 unspecified atom stereocenters. The molecule has 1 atom stereocenters. The van der Waals surface area contributed by atoms with E-state index in [1.807, 2.05) is 0 Å². The van der Waals surface area contributed by atoms with Gasteiger partial charge in [-0.25, -0.2) is 0 Å². The third-order valence-corrected chi connectivity index (χ3v) is 3.55. The maximum Gasteiger partial charge on any atom is 0.310 e. The van der Waals surface area contributed by atoms with E-state index in [0.29, 0.717) is 12.6 Å². The van der Waals surface area contributed by atoms with E-state index in [1.54, 1.807) is 13.8 Å². The number of hydrogen-bond donors (Lipinski definition) is 2. The van der Waals surface area contributed by atoms with Crippen molar-refractivity contribution in [2.75, 3.05) is 6.54 Å². The van der Waals surface area contributed by atoms with Gasteiger partial charge in [-0.2, -0.15) is 0 Å². The Morgan fingerprint density at radius 1 is 1.47 bits per heavy atom. The molecule has 0 radical (unpaired) electrons. The van der Waals surface area contributed by atoms with E-state index in [9.17, 15) is 4.79 Å². The van der Waals surface area contributed by atoms with Gasteiger partial charge < -0.3 is 10.4 Å². The Bertz CT molecular complexity index is 220. The molecule has 0 amide bonds. The molecule has 2 N–H and O–H groups in total. The Kier molecular flexibility index (Phi) is 4.14. The first-order chi connectivity index (χ1) is 6.93. The van der Waals surface area contributed by atoms with Crippen molar-refractivity contribution in [3.8, 4) is 0 Å². The Balaban J connectivity index is 2.32. The first-order valence-corrected chi connectivity index (χ1v) is 5.90. The fourth-order valence-corrected chi connectivity index (χ4v) is 2.12. The summed E-state index contributed by atoms with van der Waals surface area (Å²) in [5.41, 5.74) is -0.660. The molecule has 1 rings (SSSR count). The maximum atomic E-state index is 10.9. The van der Waals surface area contributed by atoms with E-state index >= 15 is 0 Å². The van der Waals surface area contributed by atoms with Gasteiger partial charge in [0.1, 0.15) is 0 Å². The lowest BCUT2D eigenvalue weighted by molar-refractivity contribution is -0.146. The molecule has 1 fully saturated rings. The lowest BCUT2D eigenvalue weighted by Crippen LogP contribution is -2.42. The van der Waals surface area contributed by atoms with Crippen LogP contribution in [0.4, 0.5) is 0 Å². The Morgan fingerprint density at radius 3 is 2.47 bits per heavy atom. The molecule has 15 heavy (non-hydrogen) atoms. The van der Waals surface area contributed by atoms with Crippen molar-refractivity contribution in [1.29, 1.82) is 0 Å². The van der Waals surface area contributed by atoms with E-state index in [1.165, 1.54) is 25.7 Å². The number of carboxylic acid groups (broad SMARTS) is 1. The van der Waals surface area contributed by atoms with Crippen LogP contribution >= 0.6 is 0 Å². The zero-order valence-electron chi connectivity index (χ0n) is 10.0. The molecule has 1 aliphatic rings. The molecule has 1 aliphatic carbocycles. The predicted molar refractivity (Wildman–Crippen MR) is 60.8 cm³/mol. The van der Waals surface area contributed by atoms with Gasteiger partial charge in [0.25, 0.3) is 0 Å². The largest absolute Gasteiger partial charge is 0.481 e. The highest BCUT2D eigenvalue weighted by Crippen LogP contribution is 2.28. The van der Waals surface area contributed by atoms with Gasteiger partial charge in [0.05, 0.1) is 5.41 Å². The number of rotatable bonds is 5. The van der Waals surface area contributed by atoms with E-state index in [-0.39, 0.29) is 0 Å². The molecule has 1 saturated carbocycles. The van der Waals surface area contributed by atoms with Crippen molar-refractivity contribution in [3.05, 3.63) is 0 Å². The third kappa shape index (κ3) is 3.49. The van der Waals surface area contributed by atoms with Crippen molar-refractivity contribution in [3.63, 3.8) is 0 Å². The van der Waals surface area contributed by atoms with Gasteiger partial charge >= 0.3 is 5.97 Å². The van der Waals surface area contributed by atoms with Crippen LogP contribution in [0.2, 0.25) is 0 Å². The summed E-state index contributed by atoms with van der Waals surface area (Å²) in [6.07, 6.45) is 5.25. The van der Waals surface area contributed by atoms with Crippen LogP contribution in [0.15, 0.2) is 0 Å². The smallest absolute Gasteiger partial charge is 0.310 e. The number of nitrogens with one attached hydrogen (secondary N) is 1. The van der Waals surface area contributed by atoms with Gasteiger partial charge in [0.2, 0.25) is 0 Å². The van der Waals surface area contributed by atoms with E-state index < -0.39 is 11.4 Å². The Morgan fingerprint density at radius 2 is 2.00 bits per heavy atom.